The molecule has 0 unspecified atom stereocenters. The van der Waals surface area contributed by atoms with Crippen molar-refractivity contribution in [3.05, 3.63) is 24.4 Å². The van der Waals surface area contributed by atoms with Gasteiger partial charge in [-0.1, -0.05) is 6.08 Å². The van der Waals surface area contributed by atoms with E-state index in [0.29, 0.717) is 12.4 Å². The van der Waals surface area contributed by atoms with Crippen LogP contribution in [0.5, 0.6) is 0 Å². The fraction of sp³-hybridized carbons (Fsp3) is 0.286. The third kappa shape index (κ3) is 1.91. The minimum Gasteiger partial charge on any atom is -0.417 e. The summed E-state index contributed by atoms with van der Waals surface area (Å²) in [5, 5.41) is 9.56. The van der Waals surface area contributed by atoms with Crippen molar-refractivity contribution >= 4 is 5.91 Å². The summed E-state index contributed by atoms with van der Waals surface area (Å²) in [7, 11) is 0. The van der Waals surface area contributed by atoms with Crippen LogP contribution in [0.4, 0.5) is 0 Å². The SMILES string of the molecule is C=CCNC(=O)c1nnc(C)o1. The summed E-state index contributed by atoms with van der Waals surface area (Å²) in [5.74, 6) is -0.0244. The van der Waals surface area contributed by atoms with Crippen LogP contribution in [-0.4, -0.2) is 22.6 Å². The van der Waals surface area contributed by atoms with Gasteiger partial charge in [0.05, 0.1) is 0 Å². The molecule has 12 heavy (non-hydrogen) atoms. The maximum atomic E-state index is 11.1. The molecule has 64 valence electrons. The van der Waals surface area contributed by atoms with Crippen LogP contribution in [0.15, 0.2) is 17.1 Å². The predicted molar refractivity (Wildman–Crippen MR) is 41.6 cm³/mol. The molecule has 5 heteroatoms. The number of amides is 1. The van der Waals surface area contributed by atoms with E-state index >= 15 is 0 Å². The molecule has 0 aliphatic heterocycles. The van der Waals surface area contributed by atoms with Gasteiger partial charge in [0.25, 0.3) is 0 Å². The van der Waals surface area contributed by atoms with Crippen molar-refractivity contribution in [1.82, 2.24) is 15.5 Å². The highest BCUT2D eigenvalue weighted by atomic mass is 16.4. The number of hydrogen-bond acceptors (Lipinski definition) is 4. The minimum atomic E-state index is -0.379. The standard InChI is InChI=1S/C7H9N3O2/c1-3-4-8-6(11)7-10-9-5(2)12-7/h3H,1,4H2,2H3,(H,8,11). The fourth-order valence-corrected chi connectivity index (χ4v) is 0.629. The van der Waals surface area contributed by atoms with Gasteiger partial charge in [-0.15, -0.1) is 16.8 Å². The van der Waals surface area contributed by atoms with Crippen LogP contribution in [-0.2, 0) is 0 Å². The second-order valence-corrected chi connectivity index (χ2v) is 2.12. The Morgan fingerprint density at radius 3 is 3.00 bits per heavy atom. The monoisotopic (exact) mass is 167 g/mol. The zero-order valence-corrected chi connectivity index (χ0v) is 6.70. The number of carbonyl (C=O) groups excluding carboxylic acids is 1. The molecule has 0 spiro atoms. The van der Waals surface area contributed by atoms with E-state index in [1.54, 1.807) is 13.0 Å². The van der Waals surface area contributed by atoms with Gasteiger partial charge in [-0.25, -0.2) is 0 Å². The highest BCUT2D eigenvalue weighted by Crippen LogP contribution is 1.96. The third-order valence-electron chi connectivity index (χ3n) is 1.13. The van der Waals surface area contributed by atoms with Crippen LogP contribution in [0.2, 0.25) is 0 Å². The van der Waals surface area contributed by atoms with Gasteiger partial charge in [0.1, 0.15) is 0 Å². The molecule has 1 amide bonds. The van der Waals surface area contributed by atoms with Crippen molar-refractivity contribution in [1.29, 1.82) is 0 Å². The number of rotatable bonds is 3. The normalized spacial score (nSPS) is 9.42. The van der Waals surface area contributed by atoms with Crippen molar-refractivity contribution < 1.29 is 9.21 Å². The number of nitrogens with one attached hydrogen (secondary N) is 1. The van der Waals surface area contributed by atoms with Gasteiger partial charge in [-0.2, -0.15) is 0 Å². The van der Waals surface area contributed by atoms with Crippen molar-refractivity contribution in [2.75, 3.05) is 6.54 Å². The Balaban J connectivity index is 2.59. The first-order valence-corrected chi connectivity index (χ1v) is 3.43. The Kier molecular flexibility index (Phi) is 2.57. The molecule has 0 fully saturated rings. The van der Waals surface area contributed by atoms with Gasteiger partial charge in [0.2, 0.25) is 5.89 Å². The third-order valence-corrected chi connectivity index (χ3v) is 1.13. The van der Waals surface area contributed by atoms with E-state index in [2.05, 4.69) is 22.1 Å². The Morgan fingerprint density at radius 2 is 2.50 bits per heavy atom. The van der Waals surface area contributed by atoms with Crippen molar-refractivity contribution in [3.8, 4) is 0 Å². The molecule has 0 aliphatic carbocycles. The first-order chi connectivity index (χ1) is 5.74. The fourth-order valence-electron chi connectivity index (χ4n) is 0.629. The second-order valence-electron chi connectivity index (χ2n) is 2.12. The molecular formula is C7H9N3O2. The predicted octanol–water partition coefficient (Wildman–Crippen LogP) is 0.294. The number of aryl methyl sites for hydroxylation is 1. The van der Waals surface area contributed by atoms with Crippen molar-refractivity contribution in [3.63, 3.8) is 0 Å². The lowest BCUT2D eigenvalue weighted by Crippen LogP contribution is -2.23. The molecular weight excluding hydrogens is 158 g/mol. The number of carbonyl (C=O) groups is 1. The Labute approximate surface area is 69.5 Å². The van der Waals surface area contributed by atoms with Crippen LogP contribution in [0.25, 0.3) is 0 Å². The van der Waals surface area contributed by atoms with Gasteiger partial charge >= 0.3 is 11.8 Å². The topological polar surface area (TPSA) is 68.0 Å². The molecule has 1 aromatic rings. The average molecular weight is 167 g/mol. The molecule has 1 heterocycles. The number of nitrogens with zero attached hydrogens (tertiary/aromatic N) is 2. The highest BCUT2D eigenvalue weighted by Gasteiger charge is 2.10. The van der Waals surface area contributed by atoms with Crippen LogP contribution in [0.3, 0.4) is 0 Å². The molecule has 0 atom stereocenters. The summed E-state index contributed by atoms with van der Waals surface area (Å²) in [6.45, 7) is 5.46. The average Bonchev–Trinajstić information content (AvgIpc) is 2.47. The summed E-state index contributed by atoms with van der Waals surface area (Å²) in [6.07, 6.45) is 1.57. The maximum Gasteiger partial charge on any atom is 0.309 e. The molecule has 1 N–H and O–H groups in total. The Bertz CT molecular complexity index is 293. The Hall–Kier alpha value is -1.65. The minimum absolute atomic E-state index is 0.0191. The summed E-state index contributed by atoms with van der Waals surface area (Å²) in [4.78, 5) is 11.1. The van der Waals surface area contributed by atoms with E-state index in [-0.39, 0.29) is 11.8 Å². The molecule has 0 radical (unpaired) electrons. The Morgan fingerprint density at radius 1 is 1.75 bits per heavy atom. The molecule has 1 aromatic heterocycles. The van der Waals surface area contributed by atoms with Crippen molar-refractivity contribution in [2.45, 2.75) is 6.92 Å². The van der Waals surface area contributed by atoms with E-state index in [1.807, 2.05) is 0 Å². The van der Waals surface area contributed by atoms with Gasteiger partial charge in [-0.05, 0) is 0 Å². The lowest BCUT2D eigenvalue weighted by molar-refractivity contribution is 0.0922. The van der Waals surface area contributed by atoms with Gasteiger partial charge in [0.15, 0.2) is 0 Å². The quantitative estimate of drug-likeness (QED) is 0.657. The van der Waals surface area contributed by atoms with E-state index in [9.17, 15) is 4.79 Å². The number of aromatic nitrogens is 2. The summed E-state index contributed by atoms with van der Waals surface area (Å²) < 4.78 is 4.87. The summed E-state index contributed by atoms with van der Waals surface area (Å²) >= 11 is 0. The van der Waals surface area contributed by atoms with Crippen LogP contribution < -0.4 is 5.32 Å². The van der Waals surface area contributed by atoms with Gasteiger partial charge in [0, 0.05) is 13.5 Å². The smallest absolute Gasteiger partial charge is 0.309 e. The molecule has 0 bridgehead atoms. The molecule has 0 saturated carbocycles. The second kappa shape index (κ2) is 3.66. The zero-order valence-electron chi connectivity index (χ0n) is 6.70. The van der Waals surface area contributed by atoms with Gasteiger partial charge < -0.3 is 9.73 Å². The van der Waals surface area contributed by atoms with Crippen LogP contribution >= 0.6 is 0 Å². The molecule has 5 nitrogen and oxygen atoms in total. The van der Waals surface area contributed by atoms with E-state index in [0.717, 1.165) is 0 Å². The highest BCUT2D eigenvalue weighted by molar-refractivity contribution is 5.89. The van der Waals surface area contributed by atoms with Crippen molar-refractivity contribution in [2.24, 2.45) is 0 Å². The molecule has 0 aromatic carbocycles. The van der Waals surface area contributed by atoms with Crippen LogP contribution in [0.1, 0.15) is 16.6 Å². The molecule has 1 rings (SSSR count). The summed E-state index contributed by atoms with van der Waals surface area (Å²) in [6, 6.07) is 0. The summed E-state index contributed by atoms with van der Waals surface area (Å²) in [5.41, 5.74) is 0. The lowest BCUT2D eigenvalue weighted by atomic mass is 10.5. The first kappa shape index (κ1) is 8.45. The van der Waals surface area contributed by atoms with Gasteiger partial charge in [-0.3, -0.25) is 4.79 Å². The molecule has 0 aliphatic rings. The maximum absolute atomic E-state index is 11.1. The van der Waals surface area contributed by atoms with E-state index < -0.39 is 0 Å². The van der Waals surface area contributed by atoms with E-state index in [4.69, 9.17) is 4.42 Å². The first-order valence-electron chi connectivity index (χ1n) is 3.43. The van der Waals surface area contributed by atoms with Crippen LogP contribution in [0, 0.1) is 6.92 Å². The molecule has 0 saturated heterocycles. The lowest BCUT2D eigenvalue weighted by Gasteiger charge is -1.94. The number of hydrogen-bond donors (Lipinski definition) is 1. The largest absolute Gasteiger partial charge is 0.417 e. The van der Waals surface area contributed by atoms with E-state index in [1.165, 1.54) is 0 Å². The zero-order chi connectivity index (χ0) is 8.97.